The second kappa shape index (κ2) is 6.95. The maximum atomic E-state index is 13.3. The van der Waals surface area contributed by atoms with Gasteiger partial charge in [-0.1, -0.05) is 35.1 Å². The fraction of sp³-hybridized carbons (Fsp3) is 0.455. The molecule has 1 saturated heterocycles. The van der Waals surface area contributed by atoms with Gasteiger partial charge in [0.25, 0.3) is 0 Å². The summed E-state index contributed by atoms with van der Waals surface area (Å²) in [7, 11) is 0. The normalized spacial score (nSPS) is 35.6. The van der Waals surface area contributed by atoms with Crippen molar-refractivity contribution >= 4 is 52.5 Å². The van der Waals surface area contributed by atoms with E-state index in [1.165, 1.54) is 18.3 Å². The molecule has 166 valence electrons. The molecule has 3 heterocycles. The van der Waals surface area contributed by atoms with Gasteiger partial charge >= 0.3 is 10.8 Å². The Bertz CT molecular complexity index is 1220. The van der Waals surface area contributed by atoms with Gasteiger partial charge in [0.2, 0.25) is 11.8 Å². The van der Waals surface area contributed by atoms with Gasteiger partial charge in [0.05, 0.1) is 16.9 Å². The van der Waals surface area contributed by atoms with Crippen molar-refractivity contribution in [3.8, 4) is 0 Å². The summed E-state index contributed by atoms with van der Waals surface area (Å²) in [4.78, 5) is 55.1. The molecular weight excluding hydrogens is 472 g/mol. The van der Waals surface area contributed by atoms with Crippen LogP contribution >= 0.6 is 34.7 Å². The van der Waals surface area contributed by atoms with E-state index in [0.29, 0.717) is 5.02 Å². The van der Waals surface area contributed by atoms with Crippen molar-refractivity contribution in [2.24, 2.45) is 29.6 Å². The Hall–Kier alpha value is -2.10. The predicted octanol–water partition coefficient (Wildman–Crippen LogP) is 3.04. The smallest absolute Gasteiger partial charge is 0.326 e. The average molecular weight is 491 g/mol. The number of carboxylic acid groups (broad SMARTS) is 1. The van der Waals surface area contributed by atoms with Gasteiger partial charge in [-0.05, 0) is 48.8 Å². The van der Waals surface area contributed by atoms with E-state index < -0.39 is 23.8 Å². The summed E-state index contributed by atoms with van der Waals surface area (Å²) in [6, 6.07) is 6.44. The summed E-state index contributed by atoms with van der Waals surface area (Å²) >= 11 is 8.93. The highest BCUT2D eigenvalue weighted by molar-refractivity contribution is 8.00. The molecule has 1 aromatic carbocycles. The molecule has 10 heteroatoms. The van der Waals surface area contributed by atoms with E-state index in [1.54, 1.807) is 11.8 Å². The van der Waals surface area contributed by atoms with Crippen LogP contribution in [0.2, 0.25) is 5.02 Å². The maximum absolute atomic E-state index is 13.3. The van der Waals surface area contributed by atoms with E-state index in [-0.39, 0.29) is 45.6 Å². The number of carboxylic acids is 1. The number of fused-ring (bicyclic) bond motifs is 9. The number of H-pyrrole nitrogens is 1. The van der Waals surface area contributed by atoms with Gasteiger partial charge in [-0.3, -0.25) is 19.3 Å². The Morgan fingerprint density at radius 3 is 2.47 bits per heavy atom. The van der Waals surface area contributed by atoms with Gasteiger partial charge in [0, 0.05) is 21.1 Å². The number of thioether (sulfide) groups is 1. The lowest BCUT2D eigenvalue weighted by atomic mass is 9.68. The number of thiazole rings is 1. The highest BCUT2D eigenvalue weighted by Crippen LogP contribution is 2.68. The van der Waals surface area contributed by atoms with Crippen LogP contribution in [0, 0.1) is 29.6 Å². The van der Waals surface area contributed by atoms with E-state index in [2.05, 4.69) is 4.98 Å². The van der Waals surface area contributed by atoms with Gasteiger partial charge in [-0.15, -0.1) is 11.8 Å². The van der Waals surface area contributed by atoms with Crippen LogP contribution in [-0.4, -0.2) is 44.1 Å². The number of amides is 2. The van der Waals surface area contributed by atoms with Crippen LogP contribution in [-0.2, 0) is 14.4 Å². The number of hydrogen-bond acceptors (Lipinski definition) is 6. The van der Waals surface area contributed by atoms with Crippen LogP contribution < -0.4 is 4.87 Å². The second-order valence-corrected chi connectivity index (χ2v) is 11.7. The molecule has 2 bridgehead atoms. The number of hydrogen-bond donors (Lipinski definition) is 2. The summed E-state index contributed by atoms with van der Waals surface area (Å²) in [5.41, 5.74) is 1.04. The number of rotatable bonds is 3. The highest BCUT2D eigenvalue weighted by atomic mass is 35.5. The van der Waals surface area contributed by atoms with Gasteiger partial charge in [0.15, 0.2) is 0 Å². The van der Waals surface area contributed by atoms with Crippen molar-refractivity contribution in [3.63, 3.8) is 0 Å². The zero-order chi connectivity index (χ0) is 22.5. The van der Waals surface area contributed by atoms with Crippen molar-refractivity contribution < 1.29 is 19.5 Å². The lowest BCUT2D eigenvalue weighted by molar-refractivity contribution is -0.154. The Kier molecular flexibility index (Phi) is 4.45. The molecule has 4 aliphatic rings. The molecule has 0 radical (unpaired) electrons. The van der Waals surface area contributed by atoms with Crippen molar-refractivity contribution in [1.29, 1.82) is 0 Å². The van der Waals surface area contributed by atoms with Gasteiger partial charge < -0.3 is 10.1 Å². The third kappa shape index (κ3) is 2.61. The van der Waals surface area contributed by atoms with E-state index in [4.69, 9.17) is 11.6 Å². The van der Waals surface area contributed by atoms with Crippen LogP contribution in [0.5, 0.6) is 0 Å². The zero-order valence-corrected chi connectivity index (χ0v) is 19.2. The van der Waals surface area contributed by atoms with Gasteiger partial charge in [-0.25, -0.2) is 4.79 Å². The topological polar surface area (TPSA) is 108 Å². The molecule has 7 nitrogen and oxygen atoms in total. The molecule has 2 saturated carbocycles. The largest absolute Gasteiger partial charge is 0.480 e. The molecule has 2 N–H and O–H groups in total. The van der Waals surface area contributed by atoms with Crippen molar-refractivity contribution in [2.75, 3.05) is 0 Å². The van der Waals surface area contributed by atoms with Gasteiger partial charge in [-0.2, -0.15) is 0 Å². The molecule has 2 aliphatic heterocycles. The Morgan fingerprint density at radius 1 is 1.16 bits per heavy atom. The molecule has 8 atom stereocenters. The number of aliphatic carboxylic acids is 1. The first-order valence-corrected chi connectivity index (χ1v) is 12.6. The Labute approximate surface area is 196 Å². The van der Waals surface area contributed by atoms with Gasteiger partial charge in [0.1, 0.15) is 6.04 Å². The van der Waals surface area contributed by atoms with Crippen molar-refractivity contribution in [1.82, 2.24) is 9.88 Å². The summed E-state index contributed by atoms with van der Waals surface area (Å²) in [5, 5.41) is 11.0. The van der Waals surface area contributed by atoms with E-state index in [0.717, 1.165) is 26.8 Å². The van der Waals surface area contributed by atoms with Crippen molar-refractivity contribution in [3.05, 3.63) is 49.4 Å². The minimum absolute atomic E-state index is 0.0196. The van der Waals surface area contributed by atoms with Crippen LogP contribution in [0.3, 0.4) is 0 Å². The number of aromatic nitrogens is 1. The fourth-order valence-corrected chi connectivity index (χ4v) is 9.59. The number of carbonyl (C=O) groups excluding carboxylic acids is 2. The zero-order valence-electron chi connectivity index (χ0n) is 16.9. The number of halogens is 1. The number of likely N-dealkylation sites (tertiary alicyclic amines) is 1. The fourth-order valence-electron chi connectivity index (χ4n) is 6.58. The Morgan fingerprint density at radius 2 is 1.81 bits per heavy atom. The first kappa shape index (κ1) is 20.5. The number of aromatic amines is 1. The minimum atomic E-state index is -1.18. The highest BCUT2D eigenvalue weighted by Gasteiger charge is 2.70. The lowest BCUT2D eigenvalue weighted by Gasteiger charge is -2.43. The number of nitrogens with zero attached hydrogens (tertiary/aromatic N) is 1. The number of nitrogens with one attached hydrogen (secondary N) is 1. The number of imide groups is 1. The predicted molar refractivity (Wildman–Crippen MR) is 119 cm³/mol. The molecular formula is C22H19ClN2O5S2. The van der Waals surface area contributed by atoms with Crippen LogP contribution in [0.25, 0.3) is 0 Å². The molecule has 1 aromatic heterocycles. The van der Waals surface area contributed by atoms with Crippen LogP contribution in [0.15, 0.2) is 34.1 Å². The molecule has 6 rings (SSSR count). The monoisotopic (exact) mass is 490 g/mol. The van der Waals surface area contributed by atoms with Crippen molar-refractivity contribution in [2.45, 2.75) is 35.6 Å². The number of benzene rings is 1. The third-order valence-corrected chi connectivity index (χ3v) is 10.6. The van der Waals surface area contributed by atoms with E-state index in [9.17, 15) is 24.3 Å². The molecule has 2 amide bonds. The summed E-state index contributed by atoms with van der Waals surface area (Å²) in [6.07, 6.45) is 0.772. The maximum Gasteiger partial charge on any atom is 0.326 e. The summed E-state index contributed by atoms with van der Waals surface area (Å²) < 4.78 is 0. The molecule has 2 aliphatic carbocycles. The molecule has 32 heavy (non-hydrogen) atoms. The second-order valence-electron chi connectivity index (χ2n) is 9.07. The molecule has 3 fully saturated rings. The first-order valence-electron chi connectivity index (χ1n) is 10.5. The lowest BCUT2D eigenvalue weighted by Crippen LogP contribution is -2.44. The Balaban J connectivity index is 1.45. The molecule has 2 aromatic rings. The summed E-state index contributed by atoms with van der Waals surface area (Å²) in [6.45, 7) is 1.39. The van der Waals surface area contributed by atoms with Crippen LogP contribution in [0.1, 0.15) is 29.7 Å². The minimum Gasteiger partial charge on any atom is -0.480 e. The first-order chi connectivity index (χ1) is 15.3. The summed E-state index contributed by atoms with van der Waals surface area (Å²) in [5.74, 6) is -2.87. The average Bonchev–Trinajstić information content (AvgIpc) is 3.47. The third-order valence-electron chi connectivity index (χ3n) is 7.73. The standard InChI is InChI=1S/C22H19ClN2O5S2/c1-7(21(28)29)25-19(26)14-10-6-11(15(14)20(25)27)16-13(10)12(8-2-4-9(23)5-3-8)17-18(31-16)24-22(30)32-17/h2-5,7,10-16H,6H2,1H3,(H,24,30)(H,28,29)/t7-,10+,11-,12-,13-,14+,15-,16+/m0/s1. The van der Waals surface area contributed by atoms with Crippen LogP contribution in [0.4, 0.5) is 0 Å². The van der Waals surface area contributed by atoms with E-state index >= 15 is 0 Å². The molecule has 0 unspecified atom stereocenters. The SMILES string of the molecule is C[C@@H](C(=O)O)N1C(=O)[C@@H]2[C@@H]3C[C@H]([C@H]4Sc5[nH]c(=O)sc5[C@@H](c5ccc(Cl)cc5)[C@H]34)[C@@H]2C1=O. The molecule has 0 spiro atoms. The number of carbonyl (C=O) groups is 3. The quantitative estimate of drug-likeness (QED) is 0.640. The van der Waals surface area contributed by atoms with E-state index in [1.807, 2.05) is 24.3 Å².